The zero-order valence-corrected chi connectivity index (χ0v) is 9.17. The molecule has 1 aromatic rings. The molecule has 1 aromatic carbocycles. The van der Waals surface area contributed by atoms with Gasteiger partial charge in [-0.25, -0.2) is 0 Å². The van der Waals surface area contributed by atoms with Gasteiger partial charge in [-0.15, -0.1) is 6.42 Å². The van der Waals surface area contributed by atoms with Crippen molar-refractivity contribution in [3.63, 3.8) is 0 Å². The van der Waals surface area contributed by atoms with Crippen LogP contribution in [0.4, 0.5) is 0 Å². The average molecular weight is 194 g/mol. The lowest BCUT2D eigenvalue weighted by Crippen LogP contribution is -1.91. The fourth-order valence-electron chi connectivity index (χ4n) is 1.21. The quantitative estimate of drug-likeness (QED) is 0.633. The summed E-state index contributed by atoms with van der Waals surface area (Å²) in [5.74, 6) is 8.22. The topological polar surface area (TPSA) is 0 Å². The van der Waals surface area contributed by atoms with Crippen molar-refractivity contribution in [3.05, 3.63) is 42.0 Å². The van der Waals surface area contributed by atoms with Crippen LogP contribution in [0.1, 0.15) is 25.0 Å². The first-order chi connectivity index (χ1) is 7.15. The van der Waals surface area contributed by atoms with Gasteiger partial charge in [-0.3, -0.25) is 0 Å². The summed E-state index contributed by atoms with van der Waals surface area (Å²) in [6.07, 6.45) is 5.06. The lowest BCUT2D eigenvalue weighted by molar-refractivity contribution is 0.858. The number of benzene rings is 1. The molecule has 74 valence electrons. The van der Waals surface area contributed by atoms with E-state index in [4.69, 9.17) is 6.42 Å². The van der Waals surface area contributed by atoms with Crippen molar-refractivity contribution in [2.24, 2.45) is 5.92 Å². The Balaban J connectivity index is 2.91. The summed E-state index contributed by atoms with van der Waals surface area (Å²) in [6.45, 7) is 8.31. The SMILES string of the molecule is C#CC#Cc1ccc(C(=C)C(C)C)cc1. The summed E-state index contributed by atoms with van der Waals surface area (Å²) in [7, 11) is 0. The Morgan fingerprint density at radius 2 is 1.87 bits per heavy atom. The largest absolute Gasteiger partial charge is 0.106 e. The minimum absolute atomic E-state index is 0.465. The summed E-state index contributed by atoms with van der Waals surface area (Å²) in [5.41, 5.74) is 3.25. The summed E-state index contributed by atoms with van der Waals surface area (Å²) >= 11 is 0. The van der Waals surface area contributed by atoms with E-state index in [1.807, 2.05) is 24.3 Å². The van der Waals surface area contributed by atoms with Crippen molar-refractivity contribution in [2.45, 2.75) is 13.8 Å². The van der Waals surface area contributed by atoms with Gasteiger partial charge in [0.2, 0.25) is 0 Å². The molecular weight excluding hydrogens is 180 g/mol. The van der Waals surface area contributed by atoms with Crippen molar-refractivity contribution in [3.8, 4) is 24.2 Å². The Kier molecular flexibility index (Phi) is 3.78. The van der Waals surface area contributed by atoms with E-state index in [-0.39, 0.29) is 0 Å². The fraction of sp³-hybridized carbons (Fsp3) is 0.200. The maximum atomic E-state index is 5.06. The second-order valence-electron chi connectivity index (χ2n) is 3.65. The zero-order chi connectivity index (χ0) is 11.3. The highest BCUT2D eigenvalue weighted by atomic mass is 14.1. The predicted molar refractivity (Wildman–Crippen MR) is 66.0 cm³/mol. The maximum Gasteiger partial charge on any atom is 0.0255 e. The lowest BCUT2D eigenvalue weighted by atomic mass is 9.96. The van der Waals surface area contributed by atoms with Crippen LogP contribution < -0.4 is 0 Å². The molecule has 0 aromatic heterocycles. The van der Waals surface area contributed by atoms with E-state index in [1.54, 1.807) is 0 Å². The minimum atomic E-state index is 0.465. The maximum absolute atomic E-state index is 5.06. The Morgan fingerprint density at radius 3 is 2.33 bits per heavy atom. The highest BCUT2D eigenvalue weighted by molar-refractivity contribution is 5.65. The first-order valence-electron chi connectivity index (χ1n) is 4.91. The molecule has 0 fully saturated rings. The average Bonchev–Trinajstić information content (AvgIpc) is 2.26. The molecule has 0 nitrogen and oxygen atoms in total. The van der Waals surface area contributed by atoms with Crippen molar-refractivity contribution >= 4 is 5.57 Å². The van der Waals surface area contributed by atoms with Crippen molar-refractivity contribution < 1.29 is 0 Å². The highest BCUT2D eigenvalue weighted by Gasteiger charge is 2.02. The van der Waals surface area contributed by atoms with E-state index in [9.17, 15) is 0 Å². The van der Waals surface area contributed by atoms with Crippen LogP contribution in [0.5, 0.6) is 0 Å². The second kappa shape index (κ2) is 5.08. The Labute approximate surface area is 92.0 Å². The van der Waals surface area contributed by atoms with E-state index in [1.165, 1.54) is 0 Å². The smallest absolute Gasteiger partial charge is 0.0255 e. The summed E-state index contributed by atoms with van der Waals surface area (Å²) in [6, 6.07) is 7.99. The van der Waals surface area contributed by atoms with E-state index >= 15 is 0 Å². The molecule has 0 spiro atoms. The molecule has 0 radical (unpaired) electrons. The molecule has 0 heterocycles. The monoisotopic (exact) mass is 194 g/mol. The Bertz CT molecular complexity index is 442. The summed E-state index contributed by atoms with van der Waals surface area (Å²) < 4.78 is 0. The van der Waals surface area contributed by atoms with Gasteiger partial charge in [-0.2, -0.15) is 0 Å². The molecule has 0 unspecified atom stereocenters. The molecule has 0 saturated carbocycles. The third-order valence-corrected chi connectivity index (χ3v) is 2.23. The molecule has 1 rings (SSSR count). The standard InChI is InChI=1S/C15H14/c1-5-6-7-14-8-10-15(11-9-14)13(4)12(2)3/h1,8-12H,4H2,2-3H3. The van der Waals surface area contributed by atoms with Crippen LogP contribution in [0.3, 0.4) is 0 Å². The van der Waals surface area contributed by atoms with Gasteiger partial charge in [0, 0.05) is 5.56 Å². The number of hydrogen-bond donors (Lipinski definition) is 0. The lowest BCUT2D eigenvalue weighted by Gasteiger charge is -2.09. The normalized spacial score (nSPS) is 8.93. The molecule has 0 saturated heterocycles. The zero-order valence-electron chi connectivity index (χ0n) is 9.17. The van der Waals surface area contributed by atoms with Gasteiger partial charge in [0.25, 0.3) is 0 Å². The van der Waals surface area contributed by atoms with Crippen LogP contribution in [0.15, 0.2) is 30.8 Å². The van der Waals surface area contributed by atoms with E-state index in [2.05, 4.69) is 38.2 Å². The van der Waals surface area contributed by atoms with E-state index in [0.717, 1.165) is 16.7 Å². The third kappa shape index (κ3) is 3.04. The second-order valence-corrected chi connectivity index (χ2v) is 3.65. The van der Waals surface area contributed by atoms with Crippen LogP contribution in [-0.2, 0) is 0 Å². The number of terminal acetylenes is 1. The molecule has 0 aliphatic carbocycles. The Hall–Kier alpha value is -1.92. The van der Waals surface area contributed by atoms with Gasteiger partial charge in [0.1, 0.15) is 0 Å². The molecule has 15 heavy (non-hydrogen) atoms. The number of hydrogen-bond acceptors (Lipinski definition) is 0. The first kappa shape index (κ1) is 11.2. The highest BCUT2D eigenvalue weighted by Crippen LogP contribution is 2.20. The van der Waals surface area contributed by atoms with Crippen LogP contribution in [-0.4, -0.2) is 0 Å². The van der Waals surface area contributed by atoms with Gasteiger partial charge in [0.05, 0.1) is 0 Å². The molecule has 0 aliphatic rings. The van der Waals surface area contributed by atoms with Gasteiger partial charge >= 0.3 is 0 Å². The van der Waals surface area contributed by atoms with Gasteiger partial charge in [0.15, 0.2) is 0 Å². The number of allylic oxidation sites excluding steroid dienone is 1. The molecule has 0 atom stereocenters. The van der Waals surface area contributed by atoms with Crippen LogP contribution in [0.2, 0.25) is 0 Å². The van der Waals surface area contributed by atoms with E-state index in [0.29, 0.717) is 5.92 Å². The molecule has 0 aliphatic heterocycles. The predicted octanol–water partition coefficient (Wildman–Crippen LogP) is 3.34. The third-order valence-electron chi connectivity index (χ3n) is 2.23. The molecule has 0 N–H and O–H groups in total. The Morgan fingerprint density at radius 1 is 1.27 bits per heavy atom. The van der Waals surface area contributed by atoms with Crippen molar-refractivity contribution in [2.75, 3.05) is 0 Å². The molecule has 0 heteroatoms. The van der Waals surface area contributed by atoms with Gasteiger partial charge < -0.3 is 0 Å². The van der Waals surface area contributed by atoms with Gasteiger partial charge in [-0.1, -0.05) is 38.5 Å². The molecule has 0 bridgehead atoms. The van der Waals surface area contributed by atoms with Crippen molar-refractivity contribution in [1.82, 2.24) is 0 Å². The van der Waals surface area contributed by atoms with Crippen LogP contribution in [0.25, 0.3) is 5.57 Å². The minimum Gasteiger partial charge on any atom is -0.106 e. The fourth-order valence-corrected chi connectivity index (χ4v) is 1.21. The van der Waals surface area contributed by atoms with Crippen LogP contribution in [0, 0.1) is 30.1 Å². The summed E-state index contributed by atoms with van der Waals surface area (Å²) in [5, 5.41) is 0. The van der Waals surface area contributed by atoms with Gasteiger partial charge in [-0.05, 0) is 41.0 Å². The van der Waals surface area contributed by atoms with E-state index < -0.39 is 0 Å². The van der Waals surface area contributed by atoms with Crippen molar-refractivity contribution in [1.29, 1.82) is 0 Å². The molecular formula is C15H14. The summed E-state index contributed by atoms with van der Waals surface area (Å²) in [4.78, 5) is 0. The van der Waals surface area contributed by atoms with Crippen LogP contribution >= 0.6 is 0 Å². The molecule has 0 amide bonds. The number of rotatable bonds is 2. The first-order valence-corrected chi connectivity index (χ1v) is 4.91.